The summed E-state index contributed by atoms with van der Waals surface area (Å²) >= 11 is 1.44. The predicted octanol–water partition coefficient (Wildman–Crippen LogP) is 2.72. The molecule has 2 aromatic rings. The van der Waals surface area contributed by atoms with Crippen molar-refractivity contribution in [1.29, 1.82) is 0 Å². The summed E-state index contributed by atoms with van der Waals surface area (Å²) in [5, 5.41) is 6.34. The largest absolute Gasteiger partial charge is 0.497 e. The summed E-state index contributed by atoms with van der Waals surface area (Å²) in [5.74, 6) is 1.35. The summed E-state index contributed by atoms with van der Waals surface area (Å²) in [7, 11) is 1.62. The van der Waals surface area contributed by atoms with Gasteiger partial charge in [-0.3, -0.25) is 10.1 Å². The average molecular weight is 278 g/mol. The lowest BCUT2D eigenvalue weighted by atomic mass is 10.3. The third-order valence-corrected chi connectivity index (χ3v) is 3.33. The van der Waals surface area contributed by atoms with Crippen LogP contribution in [-0.4, -0.2) is 23.9 Å². The monoisotopic (exact) mass is 278 g/mol. The molecule has 1 heterocycles. The molecule has 19 heavy (non-hydrogen) atoms. The highest BCUT2D eigenvalue weighted by Crippen LogP contribution is 2.21. The van der Waals surface area contributed by atoms with E-state index in [-0.39, 0.29) is 5.91 Å². The lowest BCUT2D eigenvalue weighted by Gasteiger charge is -2.03. The molecule has 0 aliphatic carbocycles. The fraction of sp³-hybridized carbons (Fsp3) is 0.231. The zero-order chi connectivity index (χ0) is 13.7. The molecule has 1 N–H and O–H groups in total. The van der Waals surface area contributed by atoms with E-state index in [0.29, 0.717) is 11.6 Å². The molecule has 0 spiro atoms. The molecule has 0 unspecified atom stereocenters. The second-order valence-electron chi connectivity index (χ2n) is 3.84. The second-order valence-corrected chi connectivity index (χ2v) is 4.89. The average Bonchev–Trinajstić information content (AvgIpc) is 2.82. The van der Waals surface area contributed by atoms with E-state index in [1.54, 1.807) is 20.1 Å². The molecule has 6 heteroatoms. The van der Waals surface area contributed by atoms with Crippen LogP contribution in [0.15, 0.2) is 39.8 Å². The number of carbonyl (C=O) groups is 1. The van der Waals surface area contributed by atoms with Crippen molar-refractivity contribution in [3.05, 3.63) is 36.0 Å². The minimum absolute atomic E-state index is 0.128. The quantitative estimate of drug-likeness (QED) is 0.852. The normalized spacial score (nSPS) is 10.2. The van der Waals surface area contributed by atoms with E-state index in [4.69, 9.17) is 9.26 Å². The standard InChI is InChI=1S/C13H14N2O3S/c1-9-7-13(18-15-9)14-12(16)8-19-11-5-3-10(17-2)4-6-11/h3-7H,8H2,1-2H3,(H,14,16). The zero-order valence-electron chi connectivity index (χ0n) is 10.7. The van der Waals surface area contributed by atoms with Crippen molar-refractivity contribution < 1.29 is 14.1 Å². The Kier molecular flexibility index (Phi) is 4.46. The number of thioether (sulfide) groups is 1. The molecule has 2 rings (SSSR count). The van der Waals surface area contributed by atoms with E-state index < -0.39 is 0 Å². The van der Waals surface area contributed by atoms with Gasteiger partial charge in [-0.05, 0) is 31.2 Å². The number of hydrogen-bond acceptors (Lipinski definition) is 5. The minimum atomic E-state index is -0.128. The van der Waals surface area contributed by atoms with Gasteiger partial charge in [-0.2, -0.15) is 0 Å². The van der Waals surface area contributed by atoms with Crippen molar-refractivity contribution in [1.82, 2.24) is 5.16 Å². The number of rotatable bonds is 5. The number of ether oxygens (including phenoxy) is 1. The van der Waals surface area contributed by atoms with Crippen LogP contribution in [0, 0.1) is 6.92 Å². The summed E-state index contributed by atoms with van der Waals surface area (Å²) in [5.41, 5.74) is 0.734. The number of benzene rings is 1. The van der Waals surface area contributed by atoms with Crippen LogP contribution in [0.3, 0.4) is 0 Å². The SMILES string of the molecule is COc1ccc(SCC(=O)Nc2cc(C)no2)cc1. The summed E-state index contributed by atoms with van der Waals surface area (Å²) in [6.45, 7) is 1.80. The lowest BCUT2D eigenvalue weighted by Crippen LogP contribution is -2.13. The molecule has 0 aliphatic rings. The highest BCUT2D eigenvalue weighted by atomic mass is 32.2. The molecular weight excluding hydrogens is 264 g/mol. The van der Waals surface area contributed by atoms with Crippen LogP contribution in [0.5, 0.6) is 5.75 Å². The van der Waals surface area contributed by atoms with Crippen molar-refractivity contribution in [2.75, 3.05) is 18.2 Å². The van der Waals surface area contributed by atoms with Crippen LogP contribution in [0.4, 0.5) is 5.88 Å². The first-order valence-corrected chi connectivity index (χ1v) is 6.66. The molecule has 0 radical (unpaired) electrons. The van der Waals surface area contributed by atoms with Crippen LogP contribution in [0.2, 0.25) is 0 Å². The van der Waals surface area contributed by atoms with E-state index in [1.807, 2.05) is 24.3 Å². The molecule has 1 aromatic carbocycles. The summed E-state index contributed by atoms with van der Waals surface area (Å²) in [4.78, 5) is 12.7. The van der Waals surface area contributed by atoms with Gasteiger partial charge in [0.2, 0.25) is 11.8 Å². The molecule has 100 valence electrons. The first kappa shape index (κ1) is 13.5. The van der Waals surface area contributed by atoms with Gasteiger partial charge in [-0.1, -0.05) is 5.16 Å². The summed E-state index contributed by atoms with van der Waals surface area (Å²) in [6.07, 6.45) is 0. The number of anilines is 1. The van der Waals surface area contributed by atoms with Gasteiger partial charge in [0.25, 0.3) is 0 Å². The Morgan fingerprint density at radius 2 is 2.16 bits per heavy atom. The topological polar surface area (TPSA) is 64.4 Å². The van der Waals surface area contributed by atoms with Gasteiger partial charge in [0, 0.05) is 11.0 Å². The number of carbonyl (C=O) groups excluding carboxylic acids is 1. The van der Waals surface area contributed by atoms with Gasteiger partial charge in [0.15, 0.2) is 0 Å². The van der Waals surface area contributed by atoms with E-state index in [0.717, 1.165) is 16.3 Å². The van der Waals surface area contributed by atoms with Crippen LogP contribution < -0.4 is 10.1 Å². The van der Waals surface area contributed by atoms with E-state index >= 15 is 0 Å². The van der Waals surface area contributed by atoms with Crippen molar-refractivity contribution in [3.63, 3.8) is 0 Å². The molecular formula is C13H14N2O3S. The van der Waals surface area contributed by atoms with Crippen LogP contribution in [0.1, 0.15) is 5.69 Å². The molecule has 1 aromatic heterocycles. The molecule has 0 aliphatic heterocycles. The van der Waals surface area contributed by atoms with Gasteiger partial charge < -0.3 is 9.26 Å². The lowest BCUT2D eigenvalue weighted by molar-refractivity contribution is -0.113. The number of methoxy groups -OCH3 is 1. The van der Waals surface area contributed by atoms with Crippen LogP contribution >= 0.6 is 11.8 Å². The fourth-order valence-electron chi connectivity index (χ4n) is 1.42. The Balaban J connectivity index is 1.82. The maximum Gasteiger partial charge on any atom is 0.237 e. The molecule has 0 saturated heterocycles. The second kappa shape index (κ2) is 6.29. The maximum absolute atomic E-state index is 11.7. The van der Waals surface area contributed by atoms with E-state index in [9.17, 15) is 4.79 Å². The fourth-order valence-corrected chi connectivity index (χ4v) is 2.12. The summed E-state index contributed by atoms with van der Waals surface area (Å²) in [6, 6.07) is 9.22. The Hall–Kier alpha value is -1.95. The number of aromatic nitrogens is 1. The first-order valence-electron chi connectivity index (χ1n) is 5.67. The molecule has 0 fully saturated rings. The Morgan fingerprint density at radius 1 is 1.42 bits per heavy atom. The number of nitrogens with zero attached hydrogens (tertiary/aromatic N) is 1. The van der Waals surface area contributed by atoms with Gasteiger partial charge in [0.05, 0.1) is 18.6 Å². The van der Waals surface area contributed by atoms with Crippen molar-refractivity contribution in [2.24, 2.45) is 0 Å². The molecule has 5 nitrogen and oxygen atoms in total. The number of hydrogen-bond donors (Lipinski definition) is 1. The van der Waals surface area contributed by atoms with Gasteiger partial charge in [0.1, 0.15) is 5.75 Å². The van der Waals surface area contributed by atoms with E-state index in [1.165, 1.54) is 11.8 Å². The van der Waals surface area contributed by atoms with Crippen molar-refractivity contribution >= 4 is 23.6 Å². The number of amides is 1. The van der Waals surface area contributed by atoms with E-state index in [2.05, 4.69) is 10.5 Å². The molecule has 0 bridgehead atoms. The zero-order valence-corrected chi connectivity index (χ0v) is 11.5. The maximum atomic E-state index is 11.7. The van der Waals surface area contributed by atoms with Gasteiger partial charge in [-0.25, -0.2) is 0 Å². The molecule has 0 atom stereocenters. The Labute approximate surface area is 115 Å². The highest BCUT2D eigenvalue weighted by molar-refractivity contribution is 8.00. The van der Waals surface area contributed by atoms with Crippen molar-refractivity contribution in [2.45, 2.75) is 11.8 Å². The van der Waals surface area contributed by atoms with Crippen molar-refractivity contribution in [3.8, 4) is 5.75 Å². The van der Waals surface area contributed by atoms with Gasteiger partial charge in [-0.15, -0.1) is 11.8 Å². The Morgan fingerprint density at radius 3 is 2.74 bits per heavy atom. The third kappa shape index (κ3) is 4.03. The number of aryl methyl sites for hydroxylation is 1. The Bertz CT molecular complexity index is 551. The van der Waals surface area contributed by atoms with Crippen LogP contribution in [-0.2, 0) is 4.79 Å². The third-order valence-electron chi connectivity index (χ3n) is 2.32. The molecule has 1 amide bonds. The number of nitrogens with one attached hydrogen (secondary N) is 1. The highest BCUT2D eigenvalue weighted by Gasteiger charge is 2.07. The molecule has 0 saturated carbocycles. The first-order chi connectivity index (χ1) is 9.17. The summed E-state index contributed by atoms with van der Waals surface area (Å²) < 4.78 is 9.98. The minimum Gasteiger partial charge on any atom is -0.497 e. The predicted molar refractivity (Wildman–Crippen MR) is 73.6 cm³/mol. The smallest absolute Gasteiger partial charge is 0.237 e. The van der Waals surface area contributed by atoms with Crippen LogP contribution in [0.25, 0.3) is 0 Å². The van der Waals surface area contributed by atoms with Gasteiger partial charge >= 0.3 is 0 Å².